The molecule has 0 saturated carbocycles. The van der Waals surface area contributed by atoms with Crippen LogP contribution in [0.2, 0.25) is 0 Å². The first-order valence-corrected chi connectivity index (χ1v) is 9.91. The Kier molecular flexibility index (Phi) is 7.43. The van der Waals surface area contributed by atoms with Gasteiger partial charge in [0, 0.05) is 5.25 Å². The van der Waals surface area contributed by atoms with Gasteiger partial charge in [-0.3, -0.25) is 14.0 Å². The van der Waals surface area contributed by atoms with Crippen molar-refractivity contribution in [2.45, 2.75) is 39.0 Å². The molecular weight excluding hydrogens is 312 g/mol. The average Bonchev–Trinajstić information content (AvgIpc) is 2.44. The van der Waals surface area contributed by atoms with Crippen molar-refractivity contribution in [1.82, 2.24) is 4.67 Å². The summed E-state index contributed by atoms with van der Waals surface area (Å²) >= 11 is 1.16. The van der Waals surface area contributed by atoms with Crippen molar-refractivity contribution in [3.63, 3.8) is 0 Å². The van der Waals surface area contributed by atoms with Gasteiger partial charge in [0.1, 0.15) is 5.82 Å². The highest BCUT2D eigenvalue weighted by atomic mass is 32.7. The number of hydrogen-bond acceptors (Lipinski definition) is 4. The predicted molar refractivity (Wildman–Crippen MR) is 84.6 cm³/mol. The summed E-state index contributed by atoms with van der Waals surface area (Å²) in [6.07, 6.45) is 1.32. The summed E-state index contributed by atoms with van der Waals surface area (Å²) in [5, 5.41) is 0.0948. The van der Waals surface area contributed by atoms with E-state index in [1.54, 1.807) is 19.1 Å². The highest BCUT2D eigenvalue weighted by Crippen LogP contribution is 2.64. The van der Waals surface area contributed by atoms with Gasteiger partial charge in [-0.15, -0.1) is 0 Å². The minimum Gasteiger partial charge on any atom is -0.306 e. The average molecular weight is 333 g/mol. The summed E-state index contributed by atoms with van der Waals surface area (Å²) in [6, 6.07) is 5.89. The maximum atomic E-state index is 13.2. The zero-order chi connectivity index (χ0) is 15.9. The van der Waals surface area contributed by atoms with Gasteiger partial charge in [-0.2, -0.15) is 0 Å². The molecule has 0 fully saturated rings. The molecule has 0 saturated heterocycles. The SMILES string of the molecule is CCOP(=O)(SC(C)CC)N(C=O)Cc1cccc(F)c1. The Balaban J connectivity index is 2.96. The monoisotopic (exact) mass is 333 g/mol. The topological polar surface area (TPSA) is 46.6 Å². The van der Waals surface area contributed by atoms with E-state index < -0.39 is 6.72 Å². The number of carbonyl (C=O) groups is 1. The second kappa shape index (κ2) is 8.57. The molecule has 0 aliphatic carbocycles. The standard InChI is InChI=1S/C14H21FNO3PS/c1-4-12(3)21-20(18,19-5-2)16(11-17)10-13-7-6-8-14(15)9-13/h6-9,11-12H,4-5,10H2,1-3H3. The number of benzene rings is 1. The van der Waals surface area contributed by atoms with Gasteiger partial charge >= 0.3 is 6.72 Å². The largest absolute Gasteiger partial charge is 0.356 e. The molecule has 4 nitrogen and oxygen atoms in total. The predicted octanol–water partition coefficient (Wildman–Crippen LogP) is 4.46. The fourth-order valence-corrected chi connectivity index (χ4v) is 6.31. The van der Waals surface area contributed by atoms with Crippen LogP contribution in [0, 0.1) is 5.82 Å². The molecule has 7 heteroatoms. The number of hydrogen-bond donors (Lipinski definition) is 0. The Labute approximate surface area is 129 Å². The molecule has 0 aliphatic rings. The van der Waals surface area contributed by atoms with Gasteiger partial charge in [-0.1, -0.05) is 26.0 Å². The number of amides is 1. The van der Waals surface area contributed by atoms with E-state index in [1.165, 1.54) is 12.1 Å². The quantitative estimate of drug-likeness (QED) is 0.494. The van der Waals surface area contributed by atoms with Crippen LogP contribution in [-0.4, -0.2) is 22.9 Å². The van der Waals surface area contributed by atoms with Gasteiger partial charge in [0.2, 0.25) is 6.41 Å². The van der Waals surface area contributed by atoms with Crippen molar-refractivity contribution < 1.29 is 18.3 Å². The Morgan fingerprint density at radius 1 is 1.48 bits per heavy atom. The second-order valence-electron chi connectivity index (χ2n) is 4.54. The Morgan fingerprint density at radius 3 is 2.71 bits per heavy atom. The molecule has 1 aromatic rings. The van der Waals surface area contributed by atoms with Gasteiger partial charge in [0.15, 0.2) is 0 Å². The number of halogens is 1. The van der Waals surface area contributed by atoms with Crippen LogP contribution < -0.4 is 0 Å². The van der Waals surface area contributed by atoms with Gasteiger partial charge in [0.25, 0.3) is 0 Å². The fourth-order valence-electron chi connectivity index (χ4n) is 1.63. The third-order valence-electron chi connectivity index (χ3n) is 2.85. The van der Waals surface area contributed by atoms with Crippen molar-refractivity contribution in [2.24, 2.45) is 0 Å². The minimum atomic E-state index is -3.32. The lowest BCUT2D eigenvalue weighted by Gasteiger charge is -2.28. The van der Waals surface area contributed by atoms with E-state index >= 15 is 0 Å². The number of nitrogens with zero attached hydrogens (tertiary/aromatic N) is 1. The van der Waals surface area contributed by atoms with Crippen LogP contribution in [0.15, 0.2) is 24.3 Å². The first kappa shape index (κ1) is 18.2. The molecule has 2 unspecified atom stereocenters. The van der Waals surface area contributed by atoms with Crippen LogP contribution in [0.1, 0.15) is 32.8 Å². The first-order chi connectivity index (χ1) is 9.95. The van der Waals surface area contributed by atoms with Crippen LogP contribution in [0.5, 0.6) is 0 Å². The highest BCUT2D eigenvalue weighted by molar-refractivity contribution is 8.56. The van der Waals surface area contributed by atoms with Crippen LogP contribution in [-0.2, 0) is 20.4 Å². The lowest BCUT2D eigenvalue weighted by molar-refractivity contribution is -0.114. The molecule has 0 N–H and O–H groups in total. The van der Waals surface area contributed by atoms with Crippen molar-refractivity contribution >= 4 is 24.5 Å². The molecule has 2 atom stereocenters. The molecule has 0 bridgehead atoms. The lowest BCUT2D eigenvalue weighted by atomic mass is 10.2. The number of rotatable bonds is 9. The highest BCUT2D eigenvalue weighted by Gasteiger charge is 2.33. The Morgan fingerprint density at radius 2 is 2.19 bits per heavy atom. The molecule has 1 amide bonds. The third-order valence-corrected chi connectivity index (χ3v) is 8.08. The van der Waals surface area contributed by atoms with E-state index in [-0.39, 0.29) is 24.2 Å². The van der Waals surface area contributed by atoms with E-state index in [0.717, 1.165) is 22.5 Å². The van der Waals surface area contributed by atoms with E-state index in [1.807, 2.05) is 13.8 Å². The van der Waals surface area contributed by atoms with Crippen LogP contribution in [0.4, 0.5) is 4.39 Å². The Bertz CT molecular complexity index is 515. The van der Waals surface area contributed by atoms with Crippen molar-refractivity contribution in [3.8, 4) is 0 Å². The Hall–Kier alpha value is -0.840. The number of carbonyl (C=O) groups excluding carboxylic acids is 1. The molecule has 0 heterocycles. The molecule has 0 radical (unpaired) electrons. The molecule has 0 spiro atoms. The van der Waals surface area contributed by atoms with Crippen LogP contribution in [0.25, 0.3) is 0 Å². The zero-order valence-corrected chi connectivity index (χ0v) is 14.2. The molecule has 1 rings (SSSR count). The van der Waals surface area contributed by atoms with E-state index in [9.17, 15) is 13.8 Å². The molecular formula is C14H21FNO3PS. The smallest absolute Gasteiger partial charge is 0.306 e. The summed E-state index contributed by atoms with van der Waals surface area (Å²) in [7, 11) is 0. The van der Waals surface area contributed by atoms with Crippen molar-refractivity contribution in [1.29, 1.82) is 0 Å². The molecule has 0 aromatic heterocycles. The normalized spacial score (nSPS) is 15.2. The molecule has 1 aromatic carbocycles. The zero-order valence-electron chi connectivity index (χ0n) is 12.5. The summed E-state index contributed by atoms with van der Waals surface area (Å²) in [5.74, 6) is -0.390. The molecule has 118 valence electrons. The molecule has 0 aliphatic heterocycles. The van der Waals surface area contributed by atoms with E-state index in [4.69, 9.17) is 4.52 Å². The molecule has 21 heavy (non-hydrogen) atoms. The summed E-state index contributed by atoms with van der Waals surface area (Å²) in [4.78, 5) is 11.4. The van der Waals surface area contributed by atoms with E-state index in [0.29, 0.717) is 12.0 Å². The van der Waals surface area contributed by atoms with Gasteiger partial charge in [0.05, 0.1) is 13.2 Å². The summed E-state index contributed by atoms with van der Waals surface area (Å²) in [5.41, 5.74) is 0.576. The fraction of sp³-hybridized carbons (Fsp3) is 0.500. The third kappa shape index (κ3) is 5.46. The maximum absolute atomic E-state index is 13.2. The van der Waals surface area contributed by atoms with Crippen LogP contribution in [0.3, 0.4) is 0 Å². The first-order valence-electron chi connectivity index (χ1n) is 6.85. The van der Waals surface area contributed by atoms with Gasteiger partial charge < -0.3 is 4.52 Å². The summed E-state index contributed by atoms with van der Waals surface area (Å²) in [6.45, 7) is 2.62. The van der Waals surface area contributed by atoms with Gasteiger partial charge in [-0.25, -0.2) is 4.39 Å². The maximum Gasteiger partial charge on any atom is 0.356 e. The second-order valence-corrected chi connectivity index (χ2v) is 9.28. The summed E-state index contributed by atoms with van der Waals surface area (Å²) < 4.78 is 32.7. The van der Waals surface area contributed by atoms with Crippen LogP contribution >= 0.6 is 18.1 Å². The van der Waals surface area contributed by atoms with Gasteiger partial charge in [-0.05, 0) is 42.4 Å². The van der Waals surface area contributed by atoms with Crippen molar-refractivity contribution in [2.75, 3.05) is 6.61 Å². The lowest BCUT2D eigenvalue weighted by Crippen LogP contribution is -2.19. The van der Waals surface area contributed by atoms with Crippen molar-refractivity contribution in [3.05, 3.63) is 35.6 Å². The minimum absolute atomic E-state index is 0.0575. The van der Waals surface area contributed by atoms with E-state index in [2.05, 4.69) is 0 Å².